The minimum Gasteiger partial charge on any atom is -0.494 e. The van der Waals surface area contributed by atoms with Crippen LogP contribution in [0.1, 0.15) is 51.0 Å². The van der Waals surface area contributed by atoms with Crippen molar-refractivity contribution < 1.29 is 19.4 Å². The van der Waals surface area contributed by atoms with Gasteiger partial charge in [-0.25, -0.2) is 4.79 Å². The number of nitrogens with one attached hydrogen (secondary N) is 1. The second-order valence-electron chi connectivity index (χ2n) is 12.0. The van der Waals surface area contributed by atoms with Crippen LogP contribution < -0.4 is 15.0 Å². The molecule has 0 radical (unpaired) electrons. The molecule has 2 N–H and O–H groups in total. The summed E-state index contributed by atoms with van der Waals surface area (Å²) in [6.45, 7) is 2.28. The summed E-state index contributed by atoms with van der Waals surface area (Å²) < 4.78 is 6.11. The average molecular weight is 625 g/mol. The number of rotatable bonds is 15. The molecule has 0 fully saturated rings. The number of carboxylic acid groups (broad SMARTS) is 1. The normalized spacial score (nSPS) is 12.6. The van der Waals surface area contributed by atoms with Gasteiger partial charge in [0.25, 0.3) is 0 Å². The molecule has 0 saturated carbocycles. The lowest BCUT2D eigenvalue weighted by molar-refractivity contribution is -0.137. The summed E-state index contributed by atoms with van der Waals surface area (Å²) in [5.74, 6) is -0.398. The number of hydrogen-bond acceptors (Lipinski definition) is 5. The Morgan fingerprint density at radius 1 is 0.766 bits per heavy atom. The Balaban J connectivity index is 1.05. The van der Waals surface area contributed by atoms with E-state index in [1.54, 1.807) is 36.4 Å². The third-order valence-corrected chi connectivity index (χ3v) is 8.70. The van der Waals surface area contributed by atoms with Gasteiger partial charge >= 0.3 is 5.97 Å². The number of carbonyl (C=O) groups excluding carboxylic acids is 1. The van der Waals surface area contributed by atoms with Gasteiger partial charge < -0.3 is 20.1 Å². The van der Waals surface area contributed by atoms with Crippen molar-refractivity contribution in [1.29, 1.82) is 0 Å². The highest BCUT2D eigenvalue weighted by Crippen LogP contribution is 2.28. The fraction of sp³-hybridized carbons (Fsp3) is 0.220. The Bertz CT molecular complexity index is 1790. The van der Waals surface area contributed by atoms with Crippen LogP contribution in [0, 0.1) is 0 Å². The Hall–Kier alpha value is -5.36. The molecule has 238 valence electrons. The van der Waals surface area contributed by atoms with Gasteiger partial charge in [-0.15, -0.1) is 0 Å². The first-order chi connectivity index (χ1) is 23.0. The van der Waals surface area contributed by atoms with E-state index in [9.17, 15) is 14.7 Å². The average Bonchev–Trinajstić information content (AvgIpc) is 3.59. The number of anilines is 2. The lowest BCUT2D eigenvalue weighted by Gasteiger charge is -2.26. The smallest absolute Gasteiger partial charge is 0.326 e. The number of ketones is 1. The number of hydrogen-bond donors (Lipinski definition) is 2. The van der Waals surface area contributed by atoms with Crippen molar-refractivity contribution in [1.82, 2.24) is 0 Å². The molecule has 1 atom stereocenters. The molecular weight excluding hydrogens is 584 g/mol. The lowest BCUT2D eigenvalue weighted by Crippen LogP contribution is -2.32. The zero-order chi connectivity index (χ0) is 32.4. The summed E-state index contributed by atoms with van der Waals surface area (Å²) in [6.07, 6.45) is 4.68. The maximum Gasteiger partial charge on any atom is 0.326 e. The maximum absolute atomic E-state index is 13.2. The van der Waals surface area contributed by atoms with Gasteiger partial charge in [0, 0.05) is 42.0 Å². The summed E-state index contributed by atoms with van der Waals surface area (Å²) in [4.78, 5) is 27.8. The number of carboxylic acids is 1. The van der Waals surface area contributed by atoms with Crippen molar-refractivity contribution in [3.05, 3.63) is 161 Å². The van der Waals surface area contributed by atoms with Crippen LogP contribution in [-0.2, 0) is 30.6 Å². The van der Waals surface area contributed by atoms with Crippen molar-refractivity contribution in [2.24, 2.45) is 0 Å². The third-order valence-electron chi connectivity index (χ3n) is 8.70. The standard InChI is InChI=1S/C41H40N2O4/c44-40(33-13-5-2-6-14-33)37-17-7-8-18-38(37)42-39(41(45)46)27-30-19-23-36(24-20-30)47-26-10-25-43(29-31-11-3-1-4-12-31)35-22-21-32-15-9-16-34(32)28-35/h1-8,11-14,17-24,28,39,42H,9-10,15-16,25-27,29H2,(H,45,46). The number of para-hydroxylation sites is 1. The van der Waals surface area contributed by atoms with Crippen LogP contribution in [0.15, 0.2) is 127 Å². The van der Waals surface area contributed by atoms with Crippen molar-refractivity contribution in [2.45, 2.75) is 44.7 Å². The highest BCUT2D eigenvalue weighted by atomic mass is 16.5. The largest absolute Gasteiger partial charge is 0.494 e. The van der Waals surface area contributed by atoms with Crippen molar-refractivity contribution in [2.75, 3.05) is 23.4 Å². The molecule has 0 aromatic heterocycles. The molecule has 6 nitrogen and oxygen atoms in total. The predicted molar refractivity (Wildman–Crippen MR) is 188 cm³/mol. The highest BCUT2D eigenvalue weighted by Gasteiger charge is 2.21. The summed E-state index contributed by atoms with van der Waals surface area (Å²) in [5.41, 5.74) is 7.83. The minimum atomic E-state index is -0.990. The van der Waals surface area contributed by atoms with E-state index >= 15 is 0 Å². The molecule has 6 rings (SSSR count). The summed E-state index contributed by atoms with van der Waals surface area (Å²) in [7, 11) is 0. The fourth-order valence-electron chi connectivity index (χ4n) is 6.20. The molecule has 5 aromatic carbocycles. The van der Waals surface area contributed by atoms with Gasteiger partial charge in [0.05, 0.1) is 6.61 Å². The van der Waals surface area contributed by atoms with Gasteiger partial charge in [-0.2, -0.15) is 0 Å². The number of nitrogens with zero attached hydrogens (tertiary/aromatic N) is 1. The molecule has 0 heterocycles. The number of fused-ring (bicyclic) bond motifs is 1. The molecule has 1 aliphatic carbocycles. The quantitative estimate of drug-likeness (QED) is 0.0908. The van der Waals surface area contributed by atoms with Gasteiger partial charge in [-0.1, -0.05) is 91.0 Å². The molecule has 6 heteroatoms. The Morgan fingerprint density at radius 2 is 1.47 bits per heavy atom. The van der Waals surface area contributed by atoms with Gasteiger partial charge in [-0.3, -0.25) is 4.79 Å². The minimum absolute atomic E-state index is 0.158. The summed E-state index contributed by atoms with van der Waals surface area (Å²) >= 11 is 0. The first-order valence-electron chi connectivity index (χ1n) is 16.3. The zero-order valence-electron chi connectivity index (χ0n) is 26.5. The van der Waals surface area contributed by atoms with Crippen molar-refractivity contribution in [3.63, 3.8) is 0 Å². The van der Waals surface area contributed by atoms with Crippen LogP contribution >= 0.6 is 0 Å². The SMILES string of the molecule is O=C(c1ccccc1)c1ccccc1NC(Cc1ccc(OCCCN(Cc2ccccc2)c2ccc3c(c2)CCC3)cc1)C(=O)O. The van der Waals surface area contributed by atoms with Crippen LogP contribution in [0.3, 0.4) is 0 Å². The number of carbonyl (C=O) groups is 2. The second kappa shape index (κ2) is 15.3. The molecule has 0 spiro atoms. The van der Waals surface area contributed by atoms with Crippen LogP contribution in [0.5, 0.6) is 5.75 Å². The Labute approximate surface area is 276 Å². The van der Waals surface area contributed by atoms with E-state index in [4.69, 9.17) is 4.74 Å². The number of ether oxygens (including phenoxy) is 1. The van der Waals surface area contributed by atoms with Crippen LogP contribution in [0.25, 0.3) is 0 Å². The van der Waals surface area contributed by atoms with E-state index in [2.05, 4.69) is 58.7 Å². The van der Waals surface area contributed by atoms with Crippen LogP contribution in [0.4, 0.5) is 11.4 Å². The van der Waals surface area contributed by atoms with Crippen molar-refractivity contribution in [3.8, 4) is 5.75 Å². The molecular formula is C41H40N2O4. The molecule has 5 aromatic rings. The Kier molecular flexibility index (Phi) is 10.3. The monoisotopic (exact) mass is 624 g/mol. The van der Waals surface area contributed by atoms with Crippen molar-refractivity contribution >= 4 is 23.1 Å². The van der Waals surface area contributed by atoms with E-state index in [0.717, 1.165) is 37.2 Å². The predicted octanol–water partition coefficient (Wildman–Crippen LogP) is 7.99. The lowest BCUT2D eigenvalue weighted by atomic mass is 10.00. The summed E-state index contributed by atoms with van der Waals surface area (Å²) in [6, 6.07) is 40.2. The maximum atomic E-state index is 13.2. The van der Waals surface area contributed by atoms with Crippen LogP contribution in [-0.4, -0.2) is 36.1 Å². The van der Waals surface area contributed by atoms with E-state index in [-0.39, 0.29) is 12.2 Å². The number of aliphatic carboxylic acids is 1. The van der Waals surface area contributed by atoms with Gasteiger partial charge in [0.1, 0.15) is 11.8 Å². The molecule has 47 heavy (non-hydrogen) atoms. The highest BCUT2D eigenvalue weighted by molar-refractivity contribution is 6.12. The fourth-order valence-corrected chi connectivity index (χ4v) is 6.20. The number of benzene rings is 5. The zero-order valence-corrected chi connectivity index (χ0v) is 26.5. The van der Waals surface area contributed by atoms with E-state index in [1.165, 1.54) is 35.2 Å². The topological polar surface area (TPSA) is 78.9 Å². The number of aryl methyl sites for hydroxylation is 2. The molecule has 1 aliphatic rings. The van der Waals surface area contributed by atoms with E-state index in [0.29, 0.717) is 23.4 Å². The van der Waals surface area contributed by atoms with Crippen LogP contribution in [0.2, 0.25) is 0 Å². The van der Waals surface area contributed by atoms with E-state index < -0.39 is 12.0 Å². The molecule has 0 saturated heterocycles. The molecule has 0 aliphatic heterocycles. The van der Waals surface area contributed by atoms with Gasteiger partial charge in [0.2, 0.25) is 0 Å². The summed E-state index contributed by atoms with van der Waals surface area (Å²) in [5, 5.41) is 13.1. The van der Waals surface area contributed by atoms with Gasteiger partial charge in [-0.05, 0) is 84.3 Å². The molecule has 0 bridgehead atoms. The third kappa shape index (κ3) is 8.27. The molecule has 1 unspecified atom stereocenters. The first kappa shape index (κ1) is 31.6. The van der Waals surface area contributed by atoms with Gasteiger partial charge in [0.15, 0.2) is 5.78 Å². The Morgan fingerprint density at radius 3 is 2.23 bits per heavy atom. The first-order valence-corrected chi connectivity index (χ1v) is 16.3. The second-order valence-corrected chi connectivity index (χ2v) is 12.0. The van der Waals surface area contributed by atoms with E-state index in [1.807, 2.05) is 42.5 Å². The molecule has 0 amide bonds.